The average molecular weight is 270 g/mol. The quantitative estimate of drug-likeness (QED) is 0.930. The fourth-order valence-corrected chi connectivity index (χ4v) is 2.26. The van der Waals surface area contributed by atoms with Crippen LogP contribution >= 0.6 is 23.2 Å². The second kappa shape index (κ2) is 5.08. The number of aryl methyl sites for hydroxylation is 1. The molecule has 17 heavy (non-hydrogen) atoms. The van der Waals surface area contributed by atoms with Gasteiger partial charge in [-0.25, -0.2) is 4.98 Å². The lowest BCUT2D eigenvalue weighted by molar-refractivity contribution is 0.565. The summed E-state index contributed by atoms with van der Waals surface area (Å²) >= 11 is 12.0. The molecule has 1 unspecified atom stereocenters. The van der Waals surface area contributed by atoms with Crippen LogP contribution in [-0.2, 0) is 6.54 Å². The van der Waals surface area contributed by atoms with Crippen LogP contribution in [-0.4, -0.2) is 9.55 Å². The summed E-state index contributed by atoms with van der Waals surface area (Å²) in [7, 11) is 0. The van der Waals surface area contributed by atoms with Crippen molar-refractivity contribution in [1.29, 1.82) is 0 Å². The van der Waals surface area contributed by atoms with Crippen LogP contribution in [0.1, 0.15) is 17.4 Å². The first-order valence-corrected chi connectivity index (χ1v) is 6.02. The highest BCUT2D eigenvalue weighted by atomic mass is 35.5. The van der Waals surface area contributed by atoms with Crippen molar-refractivity contribution in [3.63, 3.8) is 0 Å². The summed E-state index contributed by atoms with van der Waals surface area (Å²) < 4.78 is 2.00. The maximum Gasteiger partial charge on any atom is 0.105 e. The summed E-state index contributed by atoms with van der Waals surface area (Å²) in [4.78, 5) is 4.15. The number of hydrogen-bond donors (Lipinski definition) is 1. The summed E-state index contributed by atoms with van der Waals surface area (Å²) in [5.74, 6) is 0.936. The number of rotatable bonds is 3. The van der Waals surface area contributed by atoms with Gasteiger partial charge in [-0.05, 0) is 24.6 Å². The minimum absolute atomic E-state index is 0.173. The molecule has 1 heterocycles. The van der Waals surface area contributed by atoms with Gasteiger partial charge in [0.25, 0.3) is 0 Å². The van der Waals surface area contributed by atoms with Gasteiger partial charge in [0.15, 0.2) is 0 Å². The zero-order valence-electron chi connectivity index (χ0n) is 9.40. The Hall–Kier alpha value is -1.03. The number of nitrogens with two attached hydrogens (primary N) is 1. The second-order valence-corrected chi connectivity index (χ2v) is 4.74. The maximum absolute atomic E-state index is 6.13. The van der Waals surface area contributed by atoms with E-state index in [2.05, 4.69) is 4.98 Å². The Morgan fingerprint density at radius 3 is 2.76 bits per heavy atom. The molecule has 1 aromatic heterocycles. The molecule has 0 fully saturated rings. The number of benzene rings is 1. The molecule has 2 rings (SSSR count). The van der Waals surface area contributed by atoms with E-state index in [1.165, 1.54) is 0 Å². The van der Waals surface area contributed by atoms with Crippen molar-refractivity contribution >= 4 is 23.2 Å². The molecule has 2 N–H and O–H groups in total. The highest BCUT2D eigenvalue weighted by Crippen LogP contribution is 2.26. The lowest BCUT2D eigenvalue weighted by atomic mass is 10.1. The normalized spacial score (nSPS) is 12.7. The number of imidazole rings is 1. The number of aromatic nitrogens is 2. The van der Waals surface area contributed by atoms with Crippen molar-refractivity contribution in [3.8, 4) is 0 Å². The van der Waals surface area contributed by atoms with Crippen molar-refractivity contribution in [3.05, 3.63) is 52.0 Å². The van der Waals surface area contributed by atoms with E-state index in [9.17, 15) is 0 Å². The topological polar surface area (TPSA) is 43.8 Å². The fraction of sp³-hybridized carbons (Fsp3) is 0.250. The van der Waals surface area contributed by atoms with Crippen LogP contribution in [0.25, 0.3) is 0 Å². The van der Waals surface area contributed by atoms with E-state index in [0.29, 0.717) is 16.6 Å². The summed E-state index contributed by atoms with van der Waals surface area (Å²) in [6, 6.07) is 5.19. The Bertz CT molecular complexity index is 522. The second-order valence-electron chi connectivity index (χ2n) is 3.90. The predicted molar refractivity (Wildman–Crippen MR) is 70.4 cm³/mol. The first-order chi connectivity index (χ1) is 8.08. The predicted octanol–water partition coefficient (Wildman–Crippen LogP) is 3.20. The van der Waals surface area contributed by atoms with E-state index >= 15 is 0 Å². The van der Waals surface area contributed by atoms with Gasteiger partial charge in [-0.15, -0.1) is 0 Å². The highest BCUT2D eigenvalue weighted by molar-refractivity contribution is 6.35. The molecule has 3 nitrogen and oxygen atoms in total. The lowest BCUT2D eigenvalue weighted by Crippen LogP contribution is -2.18. The van der Waals surface area contributed by atoms with E-state index in [4.69, 9.17) is 28.9 Å². The Labute approximate surface area is 110 Å². The zero-order valence-corrected chi connectivity index (χ0v) is 10.9. The first-order valence-electron chi connectivity index (χ1n) is 5.26. The van der Waals surface area contributed by atoms with Gasteiger partial charge in [0.2, 0.25) is 0 Å². The number of nitrogens with zero attached hydrogens (tertiary/aromatic N) is 2. The van der Waals surface area contributed by atoms with E-state index in [0.717, 1.165) is 11.4 Å². The minimum atomic E-state index is -0.173. The molecule has 0 bridgehead atoms. The molecule has 0 spiro atoms. The van der Waals surface area contributed by atoms with Crippen molar-refractivity contribution in [2.24, 2.45) is 5.73 Å². The van der Waals surface area contributed by atoms with Crippen LogP contribution < -0.4 is 5.73 Å². The number of hydrogen-bond acceptors (Lipinski definition) is 2. The molecule has 90 valence electrons. The Balaban J connectivity index is 2.20. The SMILES string of the molecule is Cc1nccn1CC(N)c1ccc(Cl)cc1Cl. The monoisotopic (exact) mass is 269 g/mol. The van der Waals surface area contributed by atoms with Crippen molar-refractivity contribution < 1.29 is 0 Å². The van der Waals surface area contributed by atoms with Crippen LogP contribution in [0.3, 0.4) is 0 Å². The molecule has 1 atom stereocenters. The van der Waals surface area contributed by atoms with Crippen LogP contribution in [0.4, 0.5) is 0 Å². The van der Waals surface area contributed by atoms with E-state index < -0.39 is 0 Å². The third-order valence-corrected chi connectivity index (χ3v) is 3.24. The molecule has 5 heteroatoms. The maximum atomic E-state index is 6.13. The number of halogens is 2. The smallest absolute Gasteiger partial charge is 0.105 e. The van der Waals surface area contributed by atoms with Crippen molar-refractivity contribution in [2.45, 2.75) is 19.5 Å². The van der Waals surface area contributed by atoms with Crippen LogP contribution in [0.5, 0.6) is 0 Å². The summed E-state index contributed by atoms with van der Waals surface area (Å²) in [5, 5.41) is 1.22. The van der Waals surface area contributed by atoms with Gasteiger partial charge in [-0.2, -0.15) is 0 Å². The van der Waals surface area contributed by atoms with Gasteiger partial charge in [-0.1, -0.05) is 29.3 Å². The molecule has 1 aromatic carbocycles. The third-order valence-electron chi connectivity index (χ3n) is 2.68. The largest absolute Gasteiger partial charge is 0.333 e. The van der Waals surface area contributed by atoms with Gasteiger partial charge in [0.05, 0.1) is 0 Å². The van der Waals surface area contributed by atoms with Crippen LogP contribution in [0.2, 0.25) is 10.0 Å². The van der Waals surface area contributed by atoms with Crippen molar-refractivity contribution in [2.75, 3.05) is 0 Å². The molecule has 2 aromatic rings. The molecule has 0 aliphatic heterocycles. The van der Waals surface area contributed by atoms with Crippen molar-refractivity contribution in [1.82, 2.24) is 9.55 Å². The van der Waals surface area contributed by atoms with E-state index in [1.807, 2.05) is 23.8 Å². The third kappa shape index (κ3) is 2.80. The lowest BCUT2D eigenvalue weighted by Gasteiger charge is -2.15. The Kier molecular flexibility index (Phi) is 3.72. The molecule has 0 aliphatic carbocycles. The molecular formula is C12H13Cl2N3. The summed E-state index contributed by atoms with van der Waals surface area (Å²) in [6.45, 7) is 2.59. The molecule has 0 amide bonds. The first kappa shape index (κ1) is 12.4. The standard InChI is InChI=1S/C12H13Cl2N3/c1-8-16-4-5-17(8)7-12(15)10-3-2-9(13)6-11(10)14/h2-6,12H,7,15H2,1H3. The molecular weight excluding hydrogens is 257 g/mol. The van der Waals surface area contributed by atoms with Gasteiger partial charge in [0, 0.05) is 35.0 Å². The summed E-state index contributed by atoms with van der Waals surface area (Å²) in [5.41, 5.74) is 7.02. The molecule has 0 saturated heterocycles. The molecule has 0 radical (unpaired) electrons. The van der Waals surface area contributed by atoms with Crippen LogP contribution in [0.15, 0.2) is 30.6 Å². The van der Waals surface area contributed by atoms with Gasteiger partial charge in [0.1, 0.15) is 5.82 Å². The molecule has 0 saturated carbocycles. The minimum Gasteiger partial charge on any atom is -0.333 e. The van der Waals surface area contributed by atoms with Gasteiger partial charge < -0.3 is 10.3 Å². The molecule has 0 aliphatic rings. The van der Waals surface area contributed by atoms with Crippen LogP contribution in [0, 0.1) is 6.92 Å². The Morgan fingerprint density at radius 2 is 2.18 bits per heavy atom. The van der Waals surface area contributed by atoms with E-state index in [-0.39, 0.29) is 6.04 Å². The zero-order chi connectivity index (χ0) is 12.4. The van der Waals surface area contributed by atoms with Gasteiger partial charge in [-0.3, -0.25) is 0 Å². The Morgan fingerprint density at radius 1 is 1.41 bits per heavy atom. The summed E-state index contributed by atoms with van der Waals surface area (Å²) in [6.07, 6.45) is 3.66. The fourth-order valence-electron chi connectivity index (χ4n) is 1.71. The average Bonchev–Trinajstić information content (AvgIpc) is 2.64. The highest BCUT2D eigenvalue weighted by Gasteiger charge is 2.12. The van der Waals surface area contributed by atoms with Gasteiger partial charge >= 0.3 is 0 Å². The van der Waals surface area contributed by atoms with E-state index in [1.54, 1.807) is 18.3 Å².